The third kappa shape index (κ3) is 6.73. The minimum Gasteiger partial charge on any atom is -0.465 e. The number of hydrogen-bond donors (Lipinski definition) is 1. The summed E-state index contributed by atoms with van der Waals surface area (Å²) in [5.74, 6) is -1.42. The maximum absolute atomic E-state index is 10.6. The second-order valence-corrected chi connectivity index (χ2v) is 2.07. The molecule has 0 aromatic heterocycles. The highest BCUT2D eigenvalue weighted by atomic mass is 16.6. The van der Waals surface area contributed by atoms with Gasteiger partial charge in [0.05, 0.1) is 6.61 Å². The highest BCUT2D eigenvalue weighted by molar-refractivity contribution is 5.82. The maximum atomic E-state index is 10.6. The molecule has 0 fully saturated rings. The summed E-state index contributed by atoms with van der Waals surface area (Å²) in [6.07, 6.45) is 0. The molecule has 0 radical (unpaired) electrons. The summed E-state index contributed by atoms with van der Waals surface area (Å²) in [6.45, 7) is 0.667. The van der Waals surface area contributed by atoms with Crippen LogP contribution in [0.5, 0.6) is 0 Å². The van der Waals surface area contributed by atoms with Crippen LogP contribution in [0.25, 0.3) is 0 Å². The second kappa shape index (κ2) is 5.92. The SMILES string of the molecule is CCOC(=O)CNC(=O)C[N+](=O)[O-]. The quantitative estimate of drug-likeness (QED) is 0.338. The van der Waals surface area contributed by atoms with Gasteiger partial charge in [0, 0.05) is 4.92 Å². The molecule has 1 N–H and O–H groups in total. The molecule has 7 nitrogen and oxygen atoms in total. The summed E-state index contributed by atoms with van der Waals surface area (Å²) in [7, 11) is 0. The monoisotopic (exact) mass is 190 g/mol. The van der Waals surface area contributed by atoms with Crippen LogP contribution in [0.3, 0.4) is 0 Å². The van der Waals surface area contributed by atoms with E-state index in [4.69, 9.17) is 0 Å². The Morgan fingerprint density at radius 1 is 1.54 bits per heavy atom. The molecule has 0 aliphatic rings. The zero-order chi connectivity index (χ0) is 10.3. The lowest BCUT2D eigenvalue weighted by Gasteiger charge is -2.01. The van der Waals surface area contributed by atoms with Crippen LogP contribution in [-0.2, 0) is 14.3 Å². The van der Waals surface area contributed by atoms with E-state index in [1.165, 1.54) is 0 Å². The molecule has 0 aromatic carbocycles. The van der Waals surface area contributed by atoms with Gasteiger partial charge in [-0.2, -0.15) is 0 Å². The van der Waals surface area contributed by atoms with Crippen LogP contribution in [0, 0.1) is 10.1 Å². The Morgan fingerprint density at radius 2 is 2.15 bits per heavy atom. The number of hydrogen-bond acceptors (Lipinski definition) is 5. The van der Waals surface area contributed by atoms with Gasteiger partial charge in [-0.05, 0) is 6.92 Å². The molecule has 13 heavy (non-hydrogen) atoms. The number of esters is 1. The maximum Gasteiger partial charge on any atom is 0.325 e. The van der Waals surface area contributed by atoms with Crippen molar-refractivity contribution in [1.82, 2.24) is 5.32 Å². The fraction of sp³-hybridized carbons (Fsp3) is 0.667. The van der Waals surface area contributed by atoms with E-state index in [9.17, 15) is 19.7 Å². The summed E-state index contributed by atoms with van der Waals surface area (Å²) in [5, 5.41) is 11.9. The van der Waals surface area contributed by atoms with Crippen molar-refractivity contribution in [2.75, 3.05) is 19.7 Å². The van der Waals surface area contributed by atoms with Crippen LogP contribution in [0.2, 0.25) is 0 Å². The van der Waals surface area contributed by atoms with Gasteiger partial charge in [-0.1, -0.05) is 0 Å². The van der Waals surface area contributed by atoms with Crippen molar-refractivity contribution < 1.29 is 19.2 Å². The Hall–Kier alpha value is -1.66. The molecule has 0 saturated heterocycles. The number of amides is 1. The predicted molar refractivity (Wildman–Crippen MR) is 41.5 cm³/mol. The van der Waals surface area contributed by atoms with Crippen LogP contribution in [0.15, 0.2) is 0 Å². The van der Waals surface area contributed by atoms with Crippen LogP contribution in [0.1, 0.15) is 6.92 Å². The Balaban J connectivity index is 3.58. The Labute approximate surface area is 74.2 Å². The van der Waals surface area contributed by atoms with Gasteiger partial charge in [0.1, 0.15) is 6.54 Å². The van der Waals surface area contributed by atoms with E-state index in [2.05, 4.69) is 4.74 Å². The van der Waals surface area contributed by atoms with Gasteiger partial charge >= 0.3 is 5.97 Å². The zero-order valence-electron chi connectivity index (χ0n) is 7.11. The smallest absolute Gasteiger partial charge is 0.325 e. The molecule has 0 aromatic rings. The lowest BCUT2D eigenvalue weighted by atomic mass is 10.5. The second-order valence-electron chi connectivity index (χ2n) is 2.07. The van der Waals surface area contributed by atoms with Crippen molar-refractivity contribution in [3.05, 3.63) is 10.1 Å². The van der Waals surface area contributed by atoms with Gasteiger partial charge in [0.2, 0.25) is 0 Å². The van der Waals surface area contributed by atoms with Crippen molar-refractivity contribution in [2.45, 2.75) is 6.92 Å². The molecule has 0 aliphatic carbocycles. The minimum absolute atomic E-state index is 0.212. The first kappa shape index (κ1) is 11.3. The fourth-order valence-corrected chi connectivity index (χ4v) is 0.556. The first-order valence-electron chi connectivity index (χ1n) is 3.60. The van der Waals surface area contributed by atoms with Crippen molar-refractivity contribution in [1.29, 1.82) is 0 Å². The Kier molecular flexibility index (Phi) is 5.17. The first-order valence-corrected chi connectivity index (χ1v) is 3.60. The molecule has 0 rings (SSSR count). The summed E-state index contributed by atoms with van der Waals surface area (Å²) < 4.78 is 4.47. The van der Waals surface area contributed by atoms with E-state index >= 15 is 0 Å². The van der Waals surface area contributed by atoms with Gasteiger partial charge in [-0.25, -0.2) is 0 Å². The van der Waals surface area contributed by atoms with Gasteiger partial charge in [-0.15, -0.1) is 0 Å². The summed E-state index contributed by atoms with van der Waals surface area (Å²) in [6, 6.07) is 0. The van der Waals surface area contributed by atoms with E-state index in [0.29, 0.717) is 0 Å². The Morgan fingerprint density at radius 3 is 2.62 bits per heavy atom. The topological polar surface area (TPSA) is 98.5 Å². The third-order valence-electron chi connectivity index (χ3n) is 1.01. The van der Waals surface area contributed by atoms with Gasteiger partial charge < -0.3 is 10.1 Å². The van der Waals surface area contributed by atoms with Gasteiger partial charge in [0.25, 0.3) is 12.5 Å². The summed E-state index contributed by atoms with van der Waals surface area (Å²) in [5.41, 5.74) is 0. The lowest BCUT2D eigenvalue weighted by molar-refractivity contribution is -0.467. The fourth-order valence-electron chi connectivity index (χ4n) is 0.556. The third-order valence-corrected chi connectivity index (χ3v) is 1.01. The molecule has 0 spiro atoms. The largest absolute Gasteiger partial charge is 0.465 e. The van der Waals surface area contributed by atoms with Crippen LogP contribution in [-0.4, -0.2) is 36.5 Å². The van der Waals surface area contributed by atoms with Gasteiger partial charge in [0.15, 0.2) is 0 Å². The van der Waals surface area contributed by atoms with Crippen LogP contribution < -0.4 is 5.32 Å². The predicted octanol–water partition coefficient (Wildman–Crippen LogP) is -1.06. The highest BCUT2D eigenvalue weighted by Crippen LogP contribution is 1.76. The number of nitrogens with zero attached hydrogens (tertiary/aromatic N) is 1. The average Bonchev–Trinajstić information content (AvgIpc) is 2.00. The minimum atomic E-state index is -0.834. The molecule has 0 saturated carbocycles. The summed E-state index contributed by atoms with van der Waals surface area (Å²) >= 11 is 0. The van der Waals surface area contributed by atoms with E-state index in [1.807, 2.05) is 5.32 Å². The van der Waals surface area contributed by atoms with E-state index in [-0.39, 0.29) is 13.2 Å². The molecule has 7 heteroatoms. The van der Waals surface area contributed by atoms with Crippen molar-refractivity contribution >= 4 is 11.9 Å². The zero-order valence-corrected chi connectivity index (χ0v) is 7.11. The van der Waals surface area contributed by atoms with Crippen molar-refractivity contribution in [2.24, 2.45) is 0 Å². The summed E-state index contributed by atoms with van der Waals surface area (Å²) in [4.78, 5) is 30.3. The molecule has 0 atom stereocenters. The Bertz CT molecular complexity index is 215. The number of nitro groups is 1. The first-order chi connectivity index (χ1) is 6.06. The molecule has 1 amide bonds. The number of carbonyl (C=O) groups excluding carboxylic acids is 2. The standard InChI is InChI=1S/C6H10N2O5/c1-2-13-6(10)3-7-5(9)4-8(11)12/h2-4H2,1H3,(H,7,9). The van der Waals surface area contributed by atoms with Crippen LogP contribution in [0.4, 0.5) is 0 Å². The number of nitrogens with one attached hydrogen (secondary N) is 1. The normalized spacial score (nSPS) is 9.00. The molecule has 0 aliphatic heterocycles. The molecule has 0 bridgehead atoms. The molecule has 0 heterocycles. The van der Waals surface area contributed by atoms with Crippen molar-refractivity contribution in [3.8, 4) is 0 Å². The lowest BCUT2D eigenvalue weighted by Crippen LogP contribution is -2.34. The molecule has 74 valence electrons. The van der Waals surface area contributed by atoms with Crippen molar-refractivity contribution in [3.63, 3.8) is 0 Å². The van der Waals surface area contributed by atoms with Gasteiger partial charge in [-0.3, -0.25) is 19.7 Å². The van der Waals surface area contributed by atoms with Crippen LogP contribution >= 0.6 is 0 Å². The molecular weight excluding hydrogens is 180 g/mol. The highest BCUT2D eigenvalue weighted by Gasteiger charge is 2.10. The van der Waals surface area contributed by atoms with E-state index in [0.717, 1.165) is 0 Å². The number of ether oxygens (including phenoxy) is 1. The molecular formula is C6H10N2O5. The number of rotatable bonds is 5. The number of carbonyl (C=O) groups is 2. The van der Waals surface area contributed by atoms with E-state index in [1.54, 1.807) is 6.92 Å². The van der Waals surface area contributed by atoms with E-state index < -0.39 is 23.3 Å². The molecule has 0 unspecified atom stereocenters. The average molecular weight is 190 g/mol.